The topological polar surface area (TPSA) is 114 Å². The Bertz CT molecular complexity index is 1130. The van der Waals surface area contributed by atoms with Gasteiger partial charge in [0.1, 0.15) is 0 Å². The summed E-state index contributed by atoms with van der Waals surface area (Å²) in [6.07, 6.45) is 6.93. The van der Waals surface area contributed by atoms with Crippen LogP contribution < -0.4 is 14.3 Å². The van der Waals surface area contributed by atoms with Crippen LogP contribution in [-0.2, 0) is 40.6 Å². The third-order valence-electron chi connectivity index (χ3n) is 6.72. The molecule has 176 valence electrons. The van der Waals surface area contributed by atoms with Crippen LogP contribution in [-0.4, -0.2) is 43.9 Å². The Balaban J connectivity index is 1.41. The molecule has 0 atom stereocenters. The first-order chi connectivity index (χ1) is 15.9. The van der Waals surface area contributed by atoms with Crippen molar-refractivity contribution in [2.75, 3.05) is 22.8 Å². The molecular formula is C23H29N5O4S. The molecule has 1 saturated heterocycles. The number of hydrogen-bond donors (Lipinski definition) is 2. The van der Waals surface area contributed by atoms with Crippen molar-refractivity contribution >= 4 is 27.7 Å². The van der Waals surface area contributed by atoms with Gasteiger partial charge in [-0.25, -0.2) is 13.8 Å². The maximum Gasteiger partial charge on any atom is 0.334 e. The molecule has 2 heterocycles. The highest BCUT2D eigenvalue weighted by Crippen LogP contribution is 2.38. The molecule has 9 nitrogen and oxygen atoms in total. The molecule has 1 aromatic heterocycles. The number of urea groups is 1. The summed E-state index contributed by atoms with van der Waals surface area (Å²) in [4.78, 5) is 13.0. The van der Waals surface area contributed by atoms with E-state index in [-0.39, 0.29) is 11.9 Å². The lowest BCUT2D eigenvalue weighted by Crippen LogP contribution is -2.51. The maximum absolute atomic E-state index is 13.4. The molecule has 0 radical (unpaired) electrons. The second-order valence-corrected chi connectivity index (χ2v) is 10.5. The fraction of sp³-hybridized carbons (Fsp3) is 0.522. The van der Waals surface area contributed by atoms with Crippen molar-refractivity contribution in [3.8, 4) is 0 Å². The van der Waals surface area contributed by atoms with Gasteiger partial charge < -0.3 is 10.1 Å². The highest BCUT2D eigenvalue weighted by Gasteiger charge is 2.35. The molecule has 2 aliphatic carbocycles. The van der Waals surface area contributed by atoms with Crippen LogP contribution in [0.5, 0.6) is 0 Å². The summed E-state index contributed by atoms with van der Waals surface area (Å²) >= 11 is 0. The largest absolute Gasteiger partial charge is 0.381 e. The Morgan fingerprint density at radius 2 is 1.70 bits per heavy atom. The fourth-order valence-corrected chi connectivity index (χ4v) is 6.54. The van der Waals surface area contributed by atoms with Crippen LogP contribution >= 0.6 is 0 Å². The molecule has 1 aliphatic heterocycles. The van der Waals surface area contributed by atoms with Gasteiger partial charge >= 0.3 is 16.2 Å². The van der Waals surface area contributed by atoms with E-state index < -0.39 is 16.2 Å². The van der Waals surface area contributed by atoms with Crippen molar-refractivity contribution in [1.82, 2.24) is 14.9 Å². The summed E-state index contributed by atoms with van der Waals surface area (Å²) in [5.41, 5.74) is 6.32. The van der Waals surface area contributed by atoms with Crippen molar-refractivity contribution in [3.05, 3.63) is 46.1 Å². The lowest BCUT2D eigenvalue weighted by Gasteiger charge is -2.33. The first-order valence-corrected chi connectivity index (χ1v) is 13.0. The minimum atomic E-state index is -4.22. The number of rotatable bonds is 5. The lowest BCUT2D eigenvalue weighted by molar-refractivity contribution is 0.0874. The molecule has 2 aromatic rings. The van der Waals surface area contributed by atoms with E-state index in [4.69, 9.17) is 4.74 Å². The number of carbonyl (C=O) groups excluding carboxylic acids is 1. The van der Waals surface area contributed by atoms with Crippen LogP contribution in [0.15, 0.2) is 18.2 Å². The Hall–Kier alpha value is -2.72. The zero-order valence-electron chi connectivity index (χ0n) is 18.8. The molecule has 3 aliphatic rings. The third-order valence-corrected chi connectivity index (χ3v) is 8.17. The second kappa shape index (κ2) is 8.90. The molecule has 5 rings (SSSR count). The van der Waals surface area contributed by atoms with E-state index in [0.717, 1.165) is 55.3 Å². The van der Waals surface area contributed by atoms with Gasteiger partial charge in [0, 0.05) is 18.9 Å². The number of nitrogens with one attached hydrogen (secondary N) is 2. The Morgan fingerprint density at radius 3 is 2.30 bits per heavy atom. The standard InChI is InChI=1S/C23H29N5O4S/c1-15-8-9-21(26-25-15)28(18-10-12-32-13-11-18)33(30,31)27-23(29)24-22-19-6-2-4-16(19)14-17-5-3-7-20(17)22/h8-9,14,18H,2-7,10-13H2,1H3,(H2,24,27,29). The summed E-state index contributed by atoms with van der Waals surface area (Å²) < 4.78 is 35.7. The third kappa shape index (κ3) is 4.41. The molecule has 1 aromatic carbocycles. The van der Waals surface area contributed by atoms with Crippen molar-refractivity contribution in [1.29, 1.82) is 0 Å². The normalized spacial score (nSPS) is 18.0. The average molecular weight is 472 g/mol. The predicted molar refractivity (Wildman–Crippen MR) is 125 cm³/mol. The van der Waals surface area contributed by atoms with Crippen LogP contribution in [0, 0.1) is 6.92 Å². The number of aryl methyl sites for hydroxylation is 3. The van der Waals surface area contributed by atoms with E-state index in [1.807, 2.05) is 0 Å². The summed E-state index contributed by atoms with van der Waals surface area (Å²) in [5, 5.41) is 11.0. The number of hydrogen-bond acceptors (Lipinski definition) is 6. The second-order valence-electron chi connectivity index (χ2n) is 8.97. The van der Waals surface area contributed by atoms with Gasteiger partial charge in [0.15, 0.2) is 5.82 Å². The molecule has 0 spiro atoms. The average Bonchev–Trinajstić information content (AvgIpc) is 3.45. The minimum absolute atomic E-state index is 0.189. The number of amides is 2. The minimum Gasteiger partial charge on any atom is -0.381 e. The van der Waals surface area contributed by atoms with E-state index in [1.165, 1.54) is 15.4 Å². The highest BCUT2D eigenvalue weighted by molar-refractivity contribution is 7.91. The van der Waals surface area contributed by atoms with Gasteiger partial charge in [0.2, 0.25) is 0 Å². The molecule has 10 heteroatoms. The van der Waals surface area contributed by atoms with Gasteiger partial charge in [0.25, 0.3) is 0 Å². The SMILES string of the molecule is Cc1ccc(N(C2CCOCC2)S(=O)(=O)NC(=O)Nc2c3c(cc4c2CCC4)CCC3)nn1. The van der Waals surface area contributed by atoms with Gasteiger partial charge in [0.05, 0.1) is 11.7 Å². The van der Waals surface area contributed by atoms with Crippen molar-refractivity contribution < 1.29 is 17.9 Å². The molecule has 0 bridgehead atoms. The van der Waals surface area contributed by atoms with Crippen molar-refractivity contribution in [2.24, 2.45) is 0 Å². The molecule has 0 unspecified atom stereocenters. The Morgan fingerprint density at radius 1 is 1.03 bits per heavy atom. The Kier molecular flexibility index (Phi) is 5.96. The van der Waals surface area contributed by atoms with Crippen LogP contribution in [0.4, 0.5) is 16.3 Å². The lowest BCUT2D eigenvalue weighted by atomic mass is 9.99. The van der Waals surface area contributed by atoms with Gasteiger partial charge in [-0.2, -0.15) is 13.5 Å². The van der Waals surface area contributed by atoms with Gasteiger partial charge in [-0.3, -0.25) is 0 Å². The van der Waals surface area contributed by atoms with Crippen molar-refractivity contribution in [3.63, 3.8) is 0 Å². The number of anilines is 2. The van der Waals surface area contributed by atoms with E-state index in [2.05, 4.69) is 26.3 Å². The summed E-state index contributed by atoms with van der Waals surface area (Å²) in [7, 11) is -4.22. The molecule has 1 fully saturated rings. The van der Waals surface area contributed by atoms with E-state index in [1.54, 1.807) is 19.1 Å². The van der Waals surface area contributed by atoms with E-state index in [9.17, 15) is 13.2 Å². The van der Waals surface area contributed by atoms with Gasteiger partial charge in [-0.15, -0.1) is 5.10 Å². The number of fused-ring (bicyclic) bond motifs is 2. The summed E-state index contributed by atoms with van der Waals surface area (Å²) in [6, 6.07) is 4.48. The number of benzene rings is 1. The molecular weight excluding hydrogens is 442 g/mol. The quantitative estimate of drug-likeness (QED) is 0.693. The van der Waals surface area contributed by atoms with Gasteiger partial charge in [-0.05, 0) is 92.7 Å². The van der Waals surface area contributed by atoms with Gasteiger partial charge in [-0.1, -0.05) is 6.07 Å². The van der Waals surface area contributed by atoms with Crippen LogP contribution in [0.1, 0.15) is 53.6 Å². The summed E-state index contributed by atoms with van der Waals surface area (Å²) in [6.45, 7) is 2.68. The Labute approximate surface area is 194 Å². The van der Waals surface area contributed by atoms with Crippen LogP contribution in [0.2, 0.25) is 0 Å². The first-order valence-electron chi connectivity index (χ1n) is 11.6. The predicted octanol–water partition coefficient (Wildman–Crippen LogP) is 2.81. The maximum atomic E-state index is 13.4. The first kappa shape index (κ1) is 22.1. The monoisotopic (exact) mass is 471 g/mol. The fourth-order valence-electron chi connectivity index (χ4n) is 5.21. The van der Waals surface area contributed by atoms with Crippen molar-refractivity contribution in [2.45, 2.75) is 64.3 Å². The molecule has 2 N–H and O–H groups in total. The zero-order chi connectivity index (χ0) is 23.0. The number of aromatic nitrogens is 2. The smallest absolute Gasteiger partial charge is 0.334 e. The molecule has 0 saturated carbocycles. The zero-order valence-corrected chi connectivity index (χ0v) is 19.6. The number of ether oxygens (including phenoxy) is 1. The highest BCUT2D eigenvalue weighted by atomic mass is 32.2. The summed E-state index contributed by atoms with van der Waals surface area (Å²) in [5.74, 6) is 0.189. The van der Waals surface area contributed by atoms with Crippen LogP contribution in [0.25, 0.3) is 0 Å². The van der Waals surface area contributed by atoms with E-state index in [0.29, 0.717) is 31.7 Å². The molecule has 33 heavy (non-hydrogen) atoms. The number of carbonyl (C=O) groups is 1. The van der Waals surface area contributed by atoms with E-state index >= 15 is 0 Å². The van der Waals surface area contributed by atoms with Crippen LogP contribution in [0.3, 0.4) is 0 Å². The molecule has 2 amide bonds. The number of nitrogens with zero attached hydrogens (tertiary/aromatic N) is 3.